The molecule has 0 heterocycles. The number of benzene rings is 3. The highest BCUT2D eigenvalue weighted by Gasteiger charge is 2.35. The number of halogens is 2. The van der Waals surface area contributed by atoms with Crippen molar-refractivity contribution in [3.63, 3.8) is 0 Å². The molecule has 0 saturated carbocycles. The van der Waals surface area contributed by atoms with Gasteiger partial charge in [-0.3, -0.25) is 4.79 Å². The highest BCUT2D eigenvalue weighted by molar-refractivity contribution is 9.10. The Morgan fingerprint density at radius 3 is 1.80 bits per heavy atom. The van der Waals surface area contributed by atoms with E-state index in [1.54, 1.807) is 53.7 Å². The van der Waals surface area contributed by atoms with E-state index in [2.05, 4.69) is 34.3 Å². The average molecular weight is 805 g/mol. The molecule has 1 N–H and O–H groups in total. The van der Waals surface area contributed by atoms with Crippen LogP contribution >= 0.6 is 15.9 Å². The van der Waals surface area contributed by atoms with Gasteiger partial charge < -0.3 is 24.1 Å². The number of ether oxygens (including phenoxy) is 4. The number of methoxy groups -OCH3 is 1. The second-order valence-corrected chi connectivity index (χ2v) is 13.7. The predicted molar refractivity (Wildman–Crippen MR) is 204 cm³/mol. The quantitative estimate of drug-likeness (QED) is 0.119. The Hall–Kier alpha value is -5.69. The molecule has 54 heavy (non-hydrogen) atoms. The first-order valence-electron chi connectivity index (χ1n) is 16.5. The van der Waals surface area contributed by atoms with Crippen LogP contribution in [0, 0.1) is 72.0 Å². The number of carboxylic acids is 1. The van der Waals surface area contributed by atoms with Crippen molar-refractivity contribution in [1.29, 1.82) is 0 Å². The molecule has 11 nitrogen and oxygen atoms in total. The van der Waals surface area contributed by atoms with E-state index in [1.807, 2.05) is 0 Å². The molecule has 1 atom stereocenters. The van der Waals surface area contributed by atoms with Crippen LogP contribution in [-0.4, -0.2) is 36.1 Å². The van der Waals surface area contributed by atoms with Crippen molar-refractivity contribution in [2.45, 2.75) is 62.3 Å². The monoisotopic (exact) mass is 803 g/mol. The molecule has 3 aromatic rings. The molecular formula is C41H39BrFNO10. The van der Waals surface area contributed by atoms with Crippen molar-refractivity contribution in [1.82, 2.24) is 0 Å². The number of carboxylic acid groups (broad SMARTS) is 1. The summed E-state index contributed by atoms with van der Waals surface area (Å²) in [6.07, 6.45) is 4.52. The Bertz CT molecular complexity index is 2270. The summed E-state index contributed by atoms with van der Waals surface area (Å²) in [6, 6.07) is 0. The molecule has 0 amide bonds. The molecule has 1 unspecified atom stereocenters. The lowest BCUT2D eigenvalue weighted by molar-refractivity contribution is -0.137. The average Bonchev–Trinajstić information content (AvgIpc) is 3.10. The lowest BCUT2D eigenvalue weighted by Gasteiger charge is -2.24. The fraction of sp³-hybridized carbons (Fsp3) is 0.268. The van der Waals surface area contributed by atoms with Crippen LogP contribution in [0.15, 0.2) is 51.9 Å². The molecule has 0 aromatic heterocycles. The van der Waals surface area contributed by atoms with Gasteiger partial charge in [0.25, 0.3) is 0 Å². The van der Waals surface area contributed by atoms with E-state index in [0.717, 1.165) is 0 Å². The zero-order valence-electron chi connectivity index (χ0n) is 31.5. The Morgan fingerprint density at radius 1 is 0.759 bits per heavy atom. The summed E-state index contributed by atoms with van der Waals surface area (Å²) in [5.74, 6) is -6.11. The van der Waals surface area contributed by atoms with E-state index >= 15 is 4.39 Å². The maximum atomic E-state index is 16.3. The number of aromatic carboxylic acids is 1. The summed E-state index contributed by atoms with van der Waals surface area (Å²) in [5.41, 5.74) is 2.43. The Balaban J connectivity index is 1.75. The number of carbonyl (C=O) groups excluding carboxylic acids is 3. The van der Waals surface area contributed by atoms with E-state index in [9.17, 15) is 29.2 Å². The first-order valence-corrected chi connectivity index (χ1v) is 17.3. The zero-order chi connectivity index (χ0) is 40.7. The number of nitrogens with zero attached hydrogens (tertiary/aromatic N) is 1. The van der Waals surface area contributed by atoms with Crippen LogP contribution in [0.1, 0.15) is 88.1 Å². The number of hydrogen-bond donors (Lipinski definition) is 1. The number of hydrogen-bond acceptors (Lipinski definition) is 10. The minimum atomic E-state index is -1.16. The maximum Gasteiger partial charge on any atom is 0.346 e. The number of esters is 3. The van der Waals surface area contributed by atoms with E-state index in [4.69, 9.17) is 18.9 Å². The molecule has 0 spiro atoms. The molecule has 13 heteroatoms. The van der Waals surface area contributed by atoms with Gasteiger partial charge in [0.2, 0.25) is 0 Å². The Morgan fingerprint density at radius 2 is 1.28 bits per heavy atom. The Kier molecular flexibility index (Phi) is 12.0. The normalized spacial score (nSPS) is 13.8. The first-order chi connectivity index (χ1) is 25.2. The van der Waals surface area contributed by atoms with Crippen molar-refractivity contribution in [2.24, 2.45) is 11.1 Å². The summed E-state index contributed by atoms with van der Waals surface area (Å²) in [5, 5.41) is 12.7. The van der Waals surface area contributed by atoms with E-state index < -0.39 is 47.0 Å². The van der Waals surface area contributed by atoms with Crippen molar-refractivity contribution < 1.29 is 47.6 Å². The van der Waals surface area contributed by atoms with Gasteiger partial charge in [-0.25, -0.2) is 18.8 Å². The molecule has 0 saturated heterocycles. The Labute approximate surface area is 320 Å². The minimum Gasteiger partial charge on any atom is -0.500 e. The van der Waals surface area contributed by atoms with Crippen LogP contribution in [-0.2, 0) is 9.53 Å². The van der Waals surface area contributed by atoms with Gasteiger partial charge in [0, 0.05) is 11.1 Å². The van der Waals surface area contributed by atoms with Gasteiger partial charge in [-0.15, -0.1) is 4.91 Å². The summed E-state index contributed by atoms with van der Waals surface area (Å²) in [4.78, 5) is 65.1. The van der Waals surface area contributed by atoms with Gasteiger partial charge in [0.05, 0.1) is 28.3 Å². The second-order valence-electron chi connectivity index (χ2n) is 13.0. The lowest BCUT2D eigenvalue weighted by atomic mass is 9.91. The van der Waals surface area contributed by atoms with Crippen molar-refractivity contribution >= 4 is 51.6 Å². The van der Waals surface area contributed by atoms with E-state index in [-0.39, 0.29) is 60.5 Å². The molecule has 1 aliphatic carbocycles. The molecule has 282 valence electrons. The van der Waals surface area contributed by atoms with Crippen LogP contribution in [0.2, 0.25) is 0 Å². The number of carbonyl (C=O) groups is 4. The number of nitroso groups, excluding NO2 is 1. The van der Waals surface area contributed by atoms with Crippen molar-refractivity contribution in [3.05, 3.63) is 124 Å². The second kappa shape index (κ2) is 15.7. The van der Waals surface area contributed by atoms with Crippen LogP contribution in [0.4, 0.5) is 10.1 Å². The van der Waals surface area contributed by atoms with E-state index in [0.29, 0.717) is 39.2 Å². The minimum absolute atomic E-state index is 0.0411. The zero-order valence-corrected chi connectivity index (χ0v) is 33.1. The number of allylic oxidation sites excluding steroid dienone is 3. The first kappa shape index (κ1) is 41.1. The van der Waals surface area contributed by atoms with Gasteiger partial charge >= 0.3 is 23.9 Å². The summed E-state index contributed by atoms with van der Waals surface area (Å²) >= 11 is 3.26. The highest BCUT2D eigenvalue weighted by atomic mass is 79.9. The molecule has 1 aliphatic rings. The largest absolute Gasteiger partial charge is 0.500 e. The molecule has 0 aliphatic heterocycles. The van der Waals surface area contributed by atoms with Crippen LogP contribution in [0.25, 0.3) is 6.08 Å². The summed E-state index contributed by atoms with van der Waals surface area (Å²) in [6.45, 7) is 21.6. The third-order valence-electron chi connectivity index (χ3n) is 9.87. The third-order valence-corrected chi connectivity index (χ3v) is 10.6. The molecule has 0 fully saturated rings. The maximum absolute atomic E-state index is 16.3. The molecule has 4 rings (SSSR count). The van der Waals surface area contributed by atoms with Crippen molar-refractivity contribution in [3.8, 4) is 17.2 Å². The molecule has 0 bridgehead atoms. The molecule has 0 radical (unpaired) electrons. The van der Waals surface area contributed by atoms with Crippen LogP contribution in [0.5, 0.6) is 17.2 Å². The lowest BCUT2D eigenvalue weighted by Crippen LogP contribution is -2.26. The smallest absolute Gasteiger partial charge is 0.346 e. The fourth-order valence-electron chi connectivity index (χ4n) is 6.60. The molecule has 3 aromatic carbocycles. The van der Waals surface area contributed by atoms with Gasteiger partial charge in [-0.1, -0.05) is 30.9 Å². The SMILES string of the molecule is C=Cc1c(C)c(C(=O)Oc2c(C)c(C)c(C(=O)O)c(C)c2C)c(C)c(F)c1OC(=O)c1c(C)c(C)c(OC(=O)C2C(C)=CC(=C)C=C2OC)c(Br)c1N=O. The predicted octanol–water partition coefficient (Wildman–Crippen LogP) is 9.80. The van der Waals surface area contributed by atoms with Gasteiger partial charge in [-0.05, 0) is 134 Å². The third kappa shape index (κ3) is 7.03. The van der Waals surface area contributed by atoms with Gasteiger partial charge in [0.1, 0.15) is 23.1 Å². The molecular weight excluding hydrogens is 765 g/mol. The van der Waals surface area contributed by atoms with Gasteiger partial charge in [0.15, 0.2) is 17.3 Å². The summed E-state index contributed by atoms with van der Waals surface area (Å²) < 4.78 is 38.7. The number of rotatable bonds is 10. The van der Waals surface area contributed by atoms with Crippen LogP contribution < -0.4 is 14.2 Å². The van der Waals surface area contributed by atoms with E-state index in [1.165, 1.54) is 34.0 Å². The topological polar surface area (TPSA) is 155 Å². The van der Waals surface area contributed by atoms with Gasteiger partial charge in [-0.2, -0.15) is 0 Å². The standard InChI is InChI=1S/C41H39BrFNO10/c1-13-26-24(10)30(40(48)52-35-21(7)18(4)29(38(45)46)19(5)22(35)8)25(11)33(43)37(26)54-41(49)31-20(6)23(9)36(32(42)34(31)44-50)53-39(47)28-17(3)14-16(2)15-27(28)51-12/h13-15,28H,1-2H2,3-12H3,(H,45,46). The summed E-state index contributed by atoms with van der Waals surface area (Å²) in [7, 11) is 1.41. The van der Waals surface area contributed by atoms with Crippen molar-refractivity contribution in [2.75, 3.05) is 7.11 Å². The fourth-order valence-corrected chi connectivity index (χ4v) is 7.25. The van der Waals surface area contributed by atoms with Crippen LogP contribution in [0.3, 0.4) is 0 Å². The highest BCUT2D eigenvalue weighted by Crippen LogP contribution is 2.45.